The number of ether oxygens (including phenoxy) is 2. The molecule has 0 bridgehead atoms. The van der Waals surface area contributed by atoms with Crippen molar-refractivity contribution < 1.29 is 18.7 Å². The van der Waals surface area contributed by atoms with Gasteiger partial charge >= 0.3 is 5.97 Å². The summed E-state index contributed by atoms with van der Waals surface area (Å²) in [5.74, 6) is 6.32. The number of hydrogen-bond donors (Lipinski definition) is 0. The molecule has 0 radical (unpaired) electrons. The first kappa shape index (κ1) is 21.1. The van der Waals surface area contributed by atoms with Gasteiger partial charge in [-0.3, -0.25) is 0 Å². The van der Waals surface area contributed by atoms with E-state index in [4.69, 9.17) is 9.47 Å². The highest BCUT2D eigenvalue weighted by atomic mass is 19.1. The van der Waals surface area contributed by atoms with Crippen LogP contribution in [0.3, 0.4) is 0 Å². The monoisotopic (exact) mass is 402 g/mol. The summed E-state index contributed by atoms with van der Waals surface area (Å²) in [5.41, 5.74) is 1.84. The van der Waals surface area contributed by atoms with Gasteiger partial charge in [0, 0.05) is 11.1 Å². The molecule has 0 aromatic heterocycles. The van der Waals surface area contributed by atoms with Gasteiger partial charge in [-0.05, 0) is 73.2 Å². The maximum atomic E-state index is 13.2. The number of carbonyl (C=O) groups excluding carboxylic acids is 1. The molecule has 3 rings (SSSR count). The van der Waals surface area contributed by atoms with E-state index >= 15 is 0 Å². The summed E-state index contributed by atoms with van der Waals surface area (Å²) in [6.07, 6.45) is 3.41. The van der Waals surface area contributed by atoms with Crippen LogP contribution >= 0.6 is 0 Å². The summed E-state index contributed by atoms with van der Waals surface area (Å²) >= 11 is 0. The smallest absolute Gasteiger partial charge is 0.343 e. The van der Waals surface area contributed by atoms with Gasteiger partial charge in [0.25, 0.3) is 0 Å². The summed E-state index contributed by atoms with van der Waals surface area (Å²) in [4.78, 5) is 12.1. The van der Waals surface area contributed by atoms with Crippen molar-refractivity contribution in [1.29, 1.82) is 0 Å². The van der Waals surface area contributed by atoms with Crippen LogP contribution < -0.4 is 9.47 Å². The molecule has 30 heavy (non-hydrogen) atoms. The highest BCUT2D eigenvalue weighted by Gasteiger charge is 2.09. The van der Waals surface area contributed by atoms with Crippen LogP contribution in [0.5, 0.6) is 11.5 Å². The molecular weight excluding hydrogens is 379 g/mol. The van der Waals surface area contributed by atoms with Crippen LogP contribution in [0.1, 0.15) is 47.7 Å². The molecule has 152 valence electrons. The van der Waals surface area contributed by atoms with Gasteiger partial charge in [-0.2, -0.15) is 0 Å². The molecule has 0 saturated carbocycles. The molecule has 3 nitrogen and oxygen atoms in total. The molecule has 0 N–H and O–H groups in total. The summed E-state index contributed by atoms with van der Waals surface area (Å²) in [5, 5.41) is 0. The van der Waals surface area contributed by atoms with Crippen LogP contribution in [0.4, 0.5) is 4.39 Å². The third-order valence-corrected chi connectivity index (χ3v) is 4.35. The third-order valence-electron chi connectivity index (χ3n) is 4.35. The zero-order chi connectivity index (χ0) is 21.2. The summed E-state index contributed by atoms with van der Waals surface area (Å²) in [6.45, 7) is 2.90. The van der Waals surface area contributed by atoms with Crippen molar-refractivity contribution in [3.63, 3.8) is 0 Å². The molecule has 3 aromatic carbocycles. The maximum Gasteiger partial charge on any atom is 0.343 e. The molecule has 0 unspecified atom stereocenters. The van der Waals surface area contributed by atoms with Crippen molar-refractivity contribution in [2.45, 2.75) is 26.2 Å². The van der Waals surface area contributed by atoms with Gasteiger partial charge in [0.1, 0.15) is 17.3 Å². The summed E-state index contributed by atoms with van der Waals surface area (Å²) in [7, 11) is 0. The number of carbonyl (C=O) groups is 1. The Kier molecular flexibility index (Phi) is 7.63. The van der Waals surface area contributed by atoms with Crippen LogP contribution in [-0.4, -0.2) is 12.6 Å². The Hall–Kier alpha value is -3.58. The zero-order valence-corrected chi connectivity index (χ0v) is 16.9. The fourth-order valence-electron chi connectivity index (χ4n) is 2.71. The molecule has 0 amide bonds. The predicted molar refractivity (Wildman–Crippen MR) is 115 cm³/mol. The summed E-state index contributed by atoms with van der Waals surface area (Å²) < 4.78 is 24.2. The van der Waals surface area contributed by atoms with E-state index in [0.717, 1.165) is 36.0 Å². The fourth-order valence-corrected chi connectivity index (χ4v) is 2.71. The highest BCUT2D eigenvalue weighted by Crippen LogP contribution is 2.15. The van der Waals surface area contributed by atoms with Crippen molar-refractivity contribution in [2.75, 3.05) is 6.61 Å². The molecule has 0 spiro atoms. The van der Waals surface area contributed by atoms with Crippen LogP contribution in [0.25, 0.3) is 0 Å². The van der Waals surface area contributed by atoms with Crippen LogP contribution in [0, 0.1) is 17.7 Å². The van der Waals surface area contributed by atoms with Crippen LogP contribution in [0.2, 0.25) is 0 Å². The lowest BCUT2D eigenvalue weighted by Crippen LogP contribution is -2.08. The Morgan fingerprint density at radius 3 is 2.10 bits per heavy atom. The second-order valence-electron chi connectivity index (χ2n) is 6.75. The molecule has 0 saturated heterocycles. The first-order valence-electron chi connectivity index (χ1n) is 9.97. The molecule has 0 aliphatic carbocycles. The Labute approximate surface area is 176 Å². The van der Waals surface area contributed by atoms with Gasteiger partial charge in [-0.15, -0.1) is 0 Å². The molecule has 0 atom stereocenters. The molecule has 0 fully saturated rings. The topological polar surface area (TPSA) is 35.5 Å². The van der Waals surface area contributed by atoms with E-state index < -0.39 is 11.8 Å². The van der Waals surface area contributed by atoms with E-state index in [0.29, 0.717) is 5.75 Å². The lowest BCUT2D eigenvalue weighted by molar-refractivity contribution is 0.0734. The zero-order valence-electron chi connectivity index (χ0n) is 16.9. The molecule has 0 aliphatic heterocycles. The predicted octanol–water partition coefficient (Wildman–Crippen LogP) is 6.01. The maximum absolute atomic E-state index is 13.2. The Morgan fingerprint density at radius 1 is 0.867 bits per heavy atom. The Morgan fingerprint density at radius 2 is 1.50 bits per heavy atom. The van der Waals surface area contributed by atoms with E-state index in [-0.39, 0.29) is 5.56 Å². The number of esters is 1. The molecule has 3 aromatic rings. The lowest BCUT2D eigenvalue weighted by Gasteiger charge is -2.05. The minimum absolute atomic E-state index is 0.164. The van der Waals surface area contributed by atoms with Gasteiger partial charge in [-0.1, -0.05) is 37.7 Å². The minimum atomic E-state index is -0.606. The first-order chi connectivity index (χ1) is 14.6. The fraction of sp³-hybridized carbons (Fsp3) is 0.192. The van der Waals surface area contributed by atoms with Gasteiger partial charge in [0.15, 0.2) is 0 Å². The van der Waals surface area contributed by atoms with E-state index in [9.17, 15) is 9.18 Å². The van der Waals surface area contributed by atoms with E-state index in [1.165, 1.54) is 31.0 Å². The highest BCUT2D eigenvalue weighted by molar-refractivity contribution is 5.91. The van der Waals surface area contributed by atoms with Gasteiger partial charge in [0.2, 0.25) is 0 Å². The Balaban J connectivity index is 1.56. The van der Waals surface area contributed by atoms with Crippen molar-refractivity contribution >= 4 is 5.97 Å². The number of unbranched alkanes of at least 4 members (excludes halogenated alkanes) is 2. The number of rotatable bonds is 7. The lowest BCUT2D eigenvalue weighted by atomic mass is 10.1. The molecule has 0 heterocycles. The van der Waals surface area contributed by atoms with Crippen molar-refractivity contribution in [3.05, 3.63) is 95.3 Å². The van der Waals surface area contributed by atoms with E-state index in [2.05, 4.69) is 18.8 Å². The van der Waals surface area contributed by atoms with Crippen molar-refractivity contribution in [1.82, 2.24) is 0 Å². The molecular formula is C26H23FO3. The SMILES string of the molecule is CCCCCOc1ccc(C#Cc2ccc(OC(=O)c3cccc(F)c3)cc2)cc1. The Bertz CT molecular complexity index is 1030. The summed E-state index contributed by atoms with van der Waals surface area (Å²) in [6, 6.07) is 20.0. The molecule has 4 heteroatoms. The average molecular weight is 402 g/mol. The van der Waals surface area contributed by atoms with Gasteiger partial charge in [0.05, 0.1) is 12.2 Å². The standard InChI is InChI=1S/C26H23FO3/c1-2-3-4-18-29-24-14-10-20(11-15-24)8-9-21-12-16-25(17-13-21)30-26(28)22-6-5-7-23(27)19-22/h5-7,10-17,19H,2-4,18H2,1H3. The van der Waals surface area contributed by atoms with Crippen molar-refractivity contribution in [2.24, 2.45) is 0 Å². The van der Waals surface area contributed by atoms with Crippen LogP contribution in [0.15, 0.2) is 72.8 Å². The van der Waals surface area contributed by atoms with Crippen LogP contribution in [-0.2, 0) is 0 Å². The normalized spacial score (nSPS) is 10.1. The van der Waals surface area contributed by atoms with E-state index in [1.54, 1.807) is 24.3 Å². The largest absolute Gasteiger partial charge is 0.494 e. The number of halogens is 1. The number of hydrogen-bond acceptors (Lipinski definition) is 3. The van der Waals surface area contributed by atoms with E-state index in [1.807, 2.05) is 24.3 Å². The van der Waals surface area contributed by atoms with Gasteiger partial charge < -0.3 is 9.47 Å². The second kappa shape index (κ2) is 10.8. The second-order valence-corrected chi connectivity index (χ2v) is 6.75. The quantitative estimate of drug-likeness (QED) is 0.210. The minimum Gasteiger partial charge on any atom is -0.494 e. The first-order valence-corrected chi connectivity index (χ1v) is 9.97. The number of benzene rings is 3. The van der Waals surface area contributed by atoms with Gasteiger partial charge in [-0.25, -0.2) is 9.18 Å². The average Bonchev–Trinajstić information content (AvgIpc) is 2.77. The van der Waals surface area contributed by atoms with Crippen molar-refractivity contribution in [3.8, 4) is 23.3 Å². The molecule has 0 aliphatic rings. The third kappa shape index (κ3) is 6.49.